The van der Waals surface area contributed by atoms with Gasteiger partial charge >= 0.3 is 0 Å². The van der Waals surface area contributed by atoms with E-state index in [0.717, 1.165) is 10.6 Å². The molecule has 2 aromatic rings. The van der Waals surface area contributed by atoms with Crippen LogP contribution < -0.4 is 4.74 Å². The zero-order valence-corrected chi connectivity index (χ0v) is 14.7. The zero-order chi connectivity index (χ0) is 18.0. The number of hydrogen-bond donors (Lipinski definition) is 1. The van der Waals surface area contributed by atoms with Gasteiger partial charge in [0.05, 0.1) is 12.3 Å². The first-order valence-corrected chi connectivity index (χ1v) is 8.30. The Morgan fingerprint density at radius 3 is 2.64 bits per heavy atom. The van der Waals surface area contributed by atoms with Gasteiger partial charge in [-0.25, -0.2) is 4.98 Å². The Bertz CT molecular complexity index is 715. The predicted molar refractivity (Wildman–Crippen MR) is 93.6 cm³/mol. The van der Waals surface area contributed by atoms with Gasteiger partial charge in [-0.05, 0) is 32.9 Å². The van der Waals surface area contributed by atoms with E-state index in [4.69, 9.17) is 9.47 Å². The van der Waals surface area contributed by atoms with Crippen LogP contribution in [0.5, 0.6) is 5.75 Å². The molecule has 0 amide bonds. The quantitative estimate of drug-likeness (QED) is 0.858. The molecule has 0 radical (unpaired) electrons. The van der Waals surface area contributed by atoms with E-state index >= 15 is 0 Å². The van der Waals surface area contributed by atoms with Crippen LogP contribution in [0.25, 0.3) is 0 Å². The van der Waals surface area contributed by atoms with Crippen molar-refractivity contribution in [3.63, 3.8) is 0 Å². The molecule has 0 bridgehead atoms. The summed E-state index contributed by atoms with van der Waals surface area (Å²) in [5.41, 5.74) is 1.43. The molecule has 1 aromatic heterocycles. The summed E-state index contributed by atoms with van der Waals surface area (Å²) < 4.78 is 11.6. The number of fused-ring (bicyclic) bond motifs is 1. The summed E-state index contributed by atoms with van der Waals surface area (Å²) >= 11 is 0. The minimum atomic E-state index is -0.964. The lowest BCUT2D eigenvalue weighted by Gasteiger charge is -2.42. The zero-order valence-electron chi connectivity index (χ0n) is 14.7. The Balaban J connectivity index is 1.72. The van der Waals surface area contributed by atoms with E-state index in [-0.39, 0.29) is 13.2 Å². The summed E-state index contributed by atoms with van der Waals surface area (Å²) in [5.74, 6) is 0.630. The lowest BCUT2D eigenvalue weighted by molar-refractivity contribution is -0.113. The van der Waals surface area contributed by atoms with E-state index in [9.17, 15) is 10.3 Å². The third-order valence-corrected chi connectivity index (χ3v) is 4.06. The van der Waals surface area contributed by atoms with Crippen molar-refractivity contribution in [3.05, 3.63) is 64.6 Å². The molecule has 134 valence electrons. The molecule has 1 aliphatic heterocycles. The van der Waals surface area contributed by atoms with Gasteiger partial charge in [0.1, 0.15) is 17.5 Å². The number of pyridine rings is 1. The number of aliphatic hydroxyl groups is 1. The van der Waals surface area contributed by atoms with Gasteiger partial charge < -0.3 is 24.9 Å². The van der Waals surface area contributed by atoms with Crippen LogP contribution in [0.1, 0.15) is 50.1 Å². The molecule has 0 saturated heterocycles. The molecule has 1 aromatic carbocycles. The molecule has 2 atom stereocenters. The van der Waals surface area contributed by atoms with Gasteiger partial charge in [0, 0.05) is 17.6 Å². The molecule has 0 fully saturated rings. The smallest absolute Gasteiger partial charge is 0.227 e. The maximum absolute atomic E-state index is 12.0. The Kier molecular flexibility index (Phi) is 5.06. The molecule has 1 aliphatic rings. The van der Waals surface area contributed by atoms with Crippen molar-refractivity contribution in [2.75, 3.05) is 6.54 Å². The van der Waals surface area contributed by atoms with Crippen molar-refractivity contribution >= 4 is 0 Å². The fourth-order valence-electron chi connectivity index (χ4n) is 2.50. The van der Waals surface area contributed by atoms with E-state index in [0.29, 0.717) is 17.1 Å². The van der Waals surface area contributed by atoms with Gasteiger partial charge in [0.15, 0.2) is 0 Å². The van der Waals surface area contributed by atoms with Crippen LogP contribution in [0.15, 0.2) is 42.5 Å². The average molecular weight is 343 g/mol. The predicted octanol–water partition coefficient (Wildman–Crippen LogP) is 3.32. The van der Waals surface area contributed by atoms with Crippen molar-refractivity contribution in [1.29, 1.82) is 0 Å². The molecular weight excluding hydrogens is 320 g/mol. The molecule has 6 nitrogen and oxygen atoms in total. The van der Waals surface area contributed by atoms with E-state index in [1.165, 1.54) is 0 Å². The van der Waals surface area contributed by atoms with Crippen LogP contribution in [-0.2, 0) is 11.3 Å². The van der Waals surface area contributed by atoms with Crippen LogP contribution in [0, 0.1) is 5.21 Å². The molecule has 1 N–H and O–H groups in total. The monoisotopic (exact) mass is 343 g/mol. The van der Waals surface area contributed by atoms with E-state index in [2.05, 4.69) is 4.98 Å². The van der Waals surface area contributed by atoms with Crippen molar-refractivity contribution < 1.29 is 14.6 Å². The Hall–Kier alpha value is -1.99. The van der Waals surface area contributed by atoms with E-state index < -0.39 is 17.9 Å². The minimum Gasteiger partial charge on any atom is -0.785 e. The van der Waals surface area contributed by atoms with Gasteiger partial charge in [-0.3, -0.25) is 0 Å². The van der Waals surface area contributed by atoms with Crippen molar-refractivity contribution in [2.45, 2.75) is 45.3 Å². The number of hydroxylamine groups is 2. The fraction of sp³-hybridized carbons (Fsp3) is 0.421. The SMILES string of the molecule is CC(C)(C)N([O-])CC(O)c1ccc2c(n1)COC(c1ccccc1)O2. The molecule has 0 spiro atoms. The number of hydrogen-bond acceptors (Lipinski definition) is 6. The first-order valence-electron chi connectivity index (χ1n) is 8.30. The first kappa shape index (κ1) is 17.8. The number of aromatic nitrogens is 1. The maximum atomic E-state index is 12.0. The number of nitrogens with zero attached hydrogens (tertiary/aromatic N) is 2. The van der Waals surface area contributed by atoms with Gasteiger partial charge in [0.2, 0.25) is 6.29 Å². The Morgan fingerprint density at radius 1 is 1.24 bits per heavy atom. The second-order valence-electron chi connectivity index (χ2n) is 7.10. The Morgan fingerprint density at radius 2 is 1.96 bits per heavy atom. The fourth-order valence-corrected chi connectivity index (χ4v) is 2.50. The van der Waals surface area contributed by atoms with Crippen LogP contribution in [0.3, 0.4) is 0 Å². The molecular formula is C19H23N2O4-. The van der Waals surface area contributed by atoms with E-state index in [1.54, 1.807) is 32.9 Å². The van der Waals surface area contributed by atoms with Crippen LogP contribution in [0.2, 0.25) is 0 Å². The minimum absolute atomic E-state index is 0.0381. The summed E-state index contributed by atoms with van der Waals surface area (Å²) in [6, 6.07) is 13.1. The number of aliphatic hydroxyl groups excluding tert-OH is 1. The van der Waals surface area contributed by atoms with Crippen LogP contribution in [-0.4, -0.2) is 27.2 Å². The van der Waals surface area contributed by atoms with Crippen LogP contribution >= 0.6 is 0 Å². The second-order valence-corrected chi connectivity index (χ2v) is 7.10. The normalized spacial score (nSPS) is 18.6. The summed E-state index contributed by atoms with van der Waals surface area (Å²) in [6.07, 6.45) is -1.43. The second kappa shape index (κ2) is 7.09. The summed E-state index contributed by atoms with van der Waals surface area (Å²) in [6.45, 7) is 5.66. The highest BCUT2D eigenvalue weighted by molar-refractivity contribution is 5.32. The number of benzene rings is 1. The first-order chi connectivity index (χ1) is 11.8. The molecule has 0 saturated carbocycles. The molecule has 3 rings (SSSR count). The lowest BCUT2D eigenvalue weighted by Crippen LogP contribution is -2.39. The molecule has 6 heteroatoms. The maximum Gasteiger partial charge on any atom is 0.227 e. The highest BCUT2D eigenvalue weighted by Crippen LogP contribution is 2.33. The van der Waals surface area contributed by atoms with Crippen molar-refractivity contribution in [1.82, 2.24) is 10.0 Å². The number of ether oxygens (including phenoxy) is 2. The largest absolute Gasteiger partial charge is 0.785 e. The van der Waals surface area contributed by atoms with E-state index in [1.807, 2.05) is 30.3 Å². The molecule has 2 unspecified atom stereocenters. The standard InChI is InChI=1S/C19H23N2O4/c1-19(2,3)21(23)11-16(22)14-9-10-17-15(20-14)12-24-18(25-17)13-7-5-4-6-8-13/h4-10,16,18,22H,11-12H2,1-3H3/q-1. The summed E-state index contributed by atoms with van der Waals surface area (Å²) in [4.78, 5) is 4.41. The third kappa shape index (κ3) is 4.16. The van der Waals surface area contributed by atoms with Gasteiger partial charge in [-0.2, -0.15) is 0 Å². The topological polar surface area (TPSA) is 77.9 Å². The van der Waals surface area contributed by atoms with Gasteiger partial charge in [-0.1, -0.05) is 30.3 Å². The Labute approximate surface area is 147 Å². The van der Waals surface area contributed by atoms with Crippen molar-refractivity contribution in [3.8, 4) is 5.75 Å². The lowest BCUT2D eigenvalue weighted by atomic mass is 10.1. The summed E-state index contributed by atoms with van der Waals surface area (Å²) in [7, 11) is 0. The van der Waals surface area contributed by atoms with Gasteiger partial charge in [-0.15, -0.1) is 0 Å². The van der Waals surface area contributed by atoms with Crippen LogP contribution in [0.4, 0.5) is 0 Å². The number of β-amino-alcohol motifs (C(OH)–C–C–N with tert-alkyl or cyclic N) is 1. The molecule has 0 aliphatic carbocycles. The third-order valence-electron chi connectivity index (χ3n) is 4.06. The highest BCUT2D eigenvalue weighted by atomic mass is 16.7. The van der Waals surface area contributed by atoms with Crippen molar-refractivity contribution in [2.24, 2.45) is 0 Å². The average Bonchev–Trinajstić information content (AvgIpc) is 2.60. The van der Waals surface area contributed by atoms with Gasteiger partial charge in [0.25, 0.3) is 0 Å². The highest BCUT2D eigenvalue weighted by Gasteiger charge is 2.24. The summed E-state index contributed by atoms with van der Waals surface area (Å²) in [5, 5.41) is 23.2. The molecule has 25 heavy (non-hydrogen) atoms. The molecule has 2 heterocycles. The number of rotatable bonds is 4.